The van der Waals surface area contributed by atoms with Crippen LogP contribution in [0.4, 0.5) is 15.9 Å². The van der Waals surface area contributed by atoms with Gasteiger partial charge in [0.1, 0.15) is 11.6 Å². The summed E-state index contributed by atoms with van der Waals surface area (Å²) in [5.41, 5.74) is 1.35. The van der Waals surface area contributed by atoms with Gasteiger partial charge in [0, 0.05) is 17.6 Å². The van der Waals surface area contributed by atoms with Gasteiger partial charge in [-0.3, -0.25) is 4.79 Å². The first-order valence-electron chi connectivity index (χ1n) is 8.25. The number of rotatable bonds is 6. The van der Waals surface area contributed by atoms with Crippen LogP contribution in [0.3, 0.4) is 0 Å². The van der Waals surface area contributed by atoms with E-state index in [1.54, 1.807) is 12.1 Å². The van der Waals surface area contributed by atoms with Gasteiger partial charge in [-0.05, 0) is 42.8 Å². The lowest BCUT2D eigenvalue weighted by atomic mass is 10.2. The predicted molar refractivity (Wildman–Crippen MR) is 96.5 cm³/mol. The number of carbonyl (C=O) groups is 1. The summed E-state index contributed by atoms with van der Waals surface area (Å²) in [6.07, 6.45) is 1.90. The van der Waals surface area contributed by atoms with Gasteiger partial charge in [0.15, 0.2) is 0 Å². The van der Waals surface area contributed by atoms with E-state index < -0.39 is 0 Å². The van der Waals surface area contributed by atoms with Crippen LogP contribution in [0.15, 0.2) is 48.5 Å². The highest BCUT2D eigenvalue weighted by Gasteiger charge is 2.13. The first-order chi connectivity index (χ1) is 12.2. The van der Waals surface area contributed by atoms with Crippen LogP contribution in [0.2, 0.25) is 0 Å². The van der Waals surface area contributed by atoms with E-state index >= 15 is 0 Å². The van der Waals surface area contributed by atoms with E-state index in [0.717, 1.165) is 18.2 Å². The molecule has 0 aliphatic carbocycles. The van der Waals surface area contributed by atoms with Crippen molar-refractivity contribution in [3.63, 3.8) is 0 Å². The maximum atomic E-state index is 13.1. The maximum absolute atomic E-state index is 13.1. The van der Waals surface area contributed by atoms with Crippen molar-refractivity contribution >= 4 is 28.3 Å². The molecule has 1 heterocycles. The Kier molecular flexibility index (Phi) is 5.18. The highest BCUT2D eigenvalue weighted by molar-refractivity contribution is 5.97. The SMILES string of the molecule is CCCCNC(=O)c1nc(Nc2ccc(F)cc2)c2ccccc2n1. The Balaban J connectivity index is 1.94. The maximum Gasteiger partial charge on any atom is 0.289 e. The van der Waals surface area contributed by atoms with Crippen molar-refractivity contribution in [2.24, 2.45) is 0 Å². The lowest BCUT2D eigenvalue weighted by molar-refractivity contribution is 0.0943. The minimum absolute atomic E-state index is 0.111. The number of para-hydroxylation sites is 1. The number of hydrogen-bond donors (Lipinski definition) is 2. The Hall–Kier alpha value is -3.02. The van der Waals surface area contributed by atoms with Crippen LogP contribution in [0.5, 0.6) is 0 Å². The van der Waals surface area contributed by atoms with Gasteiger partial charge in [0.25, 0.3) is 5.91 Å². The summed E-state index contributed by atoms with van der Waals surface area (Å²) in [7, 11) is 0. The Morgan fingerprint density at radius 3 is 2.60 bits per heavy atom. The van der Waals surface area contributed by atoms with Gasteiger partial charge in [-0.15, -0.1) is 0 Å². The quantitative estimate of drug-likeness (QED) is 0.666. The fraction of sp³-hybridized carbons (Fsp3) is 0.211. The van der Waals surface area contributed by atoms with Crippen LogP contribution >= 0.6 is 0 Å². The molecule has 0 unspecified atom stereocenters. The minimum Gasteiger partial charge on any atom is -0.349 e. The van der Waals surface area contributed by atoms with Gasteiger partial charge in [0.2, 0.25) is 5.82 Å². The van der Waals surface area contributed by atoms with Gasteiger partial charge in [0.05, 0.1) is 5.52 Å². The third kappa shape index (κ3) is 4.09. The fourth-order valence-corrected chi connectivity index (χ4v) is 2.40. The zero-order valence-electron chi connectivity index (χ0n) is 13.9. The largest absolute Gasteiger partial charge is 0.349 e. The number of aromatic nitrogens is 2. The lowest BCUT2D eigenvalue weighted by Crippen LogP contribution is -2.26. The molecule has 0 fully saturated rings. The van der Waals surface area contributed by atoms with Crippen LogP contribution in [0.25, 0.3) is 10.9 Å². The molecule has 0 aliphatic heterocycles. The number of nitrogens with one attached hydrogen (secondary N) is 2. The van der Waals surface area contributed by atoms with E-state index in [9.17, 15) is 9.18 Å². The average Bonchev–Trinajstić information content (AvgIpc) is 2.63. The molecule has 0 spiro atoms. The molecule has 3 aromatic rings. The van der Waals surface area contributed by atoms with Gasteiger partial charge >= 0.3 is 0 Å². The van der Waals surface area contributed by atoms with E-state index in [2.05, 4.69) is 27.5 Å². The van der Waals surface area contributed by atoms with Gasteiger partial charge in [-0.25, -0.2) is 14.4 Å². The number of hydrogen-bond acceptors (Lipinski definition) is 4. The molecule has 1 amide bonds. The molecule has 3 rings (SSSR count). The molecule has 0 saturated carbocycles. The number of anilines is 2. The van der Waals surface area contributed by atoms with Crippen molar-refractivity contribution in [1.82, 2.24) is 15.3 Å². The van der Waals surface area contributed by atoms with E-state index in [-0.39, 0.29) is 17.5 Å². The molecule has 2 N–H and O–H groups in total. The van der Waals surface area contributed by atoms with Crippen LogP contribution < -0.4 is 10.6 Å². The first-order valence-corrected chi connectivity index (χ1v) is 8.25. The molecule has 25 heavy (non-hydrogen) atoms. The van der Waals surface area contributed by atoms with Crippen molar-refractivity contribution < 1.29 is 9.18 Å². The van der Waals surface area contributed by atoms with Crippen LogP contribution in [-0.2, 0) is 0 Å². The topological polar surface area (TPSA) is 66.9 Å². The third-order valence-corrected chi connectivity index (χ3v) is 3.73. The first kappa shape index (κ1) is 16.8. The predicted octanol–water partition coefficient (Wildman–Crippen LogP) is 4.04. The number of benzene rings is 2. The molecular weight excluding hydrogens is 319 g/mol. The Morgan fingerprint density at radius 1 is 1.08 bits per heavy atom. The third-order valence-electron chi connectivity index (χ3n) is 3.73. The van der Waals surface area contributed by atoms with Crippen molar-refractivity contribution in [3.05, 3.63) is 60.2 Å². The van der Waals surface area contributed by atoms with E-state index in [1.807, 2.05) is 24.3 Å². The molecule has 0 aliphatic rings. The monoisotopic (exact) mass is 338 g/mol. The summed E-state index contributed by atoms with van der Waals surface area (Å²) in [6, 6.07) is 13.4. The Morgan fingerprint density at radius 2 is 1.84 bits per heavy atom. The summed E-state index contributed by atoms with van der Waals surface area (Å²) in [4.78, 5) is 21.0. The summed E-state index contributed by atoms with van der Waals surface area (Å²) in [5, 5.41) is 6.75. The molecule has 0 bridgehead atoms. The molecular formula is C19H19FN4O. The van der Waals surface area contributed by atoms with Crippen molar-refractivity contribution in [1.29, 1.82) is 0 Å². The Bertz CT molecular complexity index is 880. The van der Waals surface area contributed by atoms with Gasteiger partial charge < -0.3 is 10.6 Å². The highest BCUT2D eigenvalue weighted by Crippen LogP contribution is 2.24. The van der Waals surface area contributed by atoms with Crippen molar-refractivity contribution in [3.8, 4) is 0 Å². The molecule has 2 aromatic carbocycles. The zero-order chi connectivity index (χ0) is 17.6. The second-order valence-corrected chi connectivity index (χ2v) is 5.65. The normalized spacial score (nSPS) is 10.6. The Labute approximate surface area is 145 Å². The zero-order valence-corrected chi connectivity index (χ0v) is 13.9. The number of carbonyl (C=O) groups excluding carboxylic acids is 1. The minimum atomic E-state index is -0.311. The smallest absolute Gasteiger partial charge is 0.289 e. The van der Waals surface area contributed by atoms with Gasteiger partial charge in [-0.1, -0.05) is 25.5 Å². The van der Waals surface area contributed by atoms with Crippen LogP contribution in [0.1, 0.15) is 30.4 Å². The summed E-state index contributed by atoms with van der Waals surface area (Å²) < 4.78 is 13.1. The average molecular weight is 338 g/mol. The lowest BCUT2D eigenvalue weighted by Gasteiger charge is -2.11. The fourth-order valence-electron chi connectivity index (χ4n) is 2.40. The molecule has 1 aromatic heterocycles. The number of amides is 1. The van der Waals surface area contributed by atoms with Crippen molar-refractivity contribution in [2.45, 2.75) is 19.8 Å². The summed E-state index contributed by atoms with van der Waals surface area (Å²) in [6.45, 7) is 2.65. The standard InChI is InChI=1S/C19H19FN4O/c1-2-3-12-21-19(25)18-23-16-7-5-4-6-15(16)17(24-18)22-14-10-8-13(20)9-11-14/h4-11H,2-3,12H2,1H3,(H,21,25)(H,22,23,24). The highest BCUT2D eigenvalue weighted by atomic mass is 19.1. The van der Waals surface area contributed by atoms with Crippen molar-refractivity contribution in [2.75, 3.05) is 11.9 Å². The number of nitrogens with zero attached hydrogens (tertiary/aromatic N) is 2. The van der Waals surface area contributed by atoms with Crippen LogP contribution in [0, 0.1) is 5.82 Å². The molecule has 6 heteroatoms. The molecule has 128 valence electrons. The van der Waals surface area contributed by atoms with Gasteiger partial charge in [-0.2, -0.15) is 0 Å². The number of unbranched alkanes of at least 4 members (excludes halogenated alkanes) is 1. The molecule has 0 atom stereocenters. The van der Waals surface area contributed by atoms with E-state index in [4.69, 9.17) is 0 Å². The van der Waals surface area contributed by atoms with E-state index in [1.165, 1.54) is 12.1 Å². The van der Waals surface area contributed by atoms with E-state index in [0.29, 0.717) is 23.6 Å². The number of halogens is 1. The second-order valence-electron chi connectivity index (χ2n) is 5.65. The molecule has 0 radical (unpaired) electrons. The van der Waals surface area contributed by atoms with Crippen LogP contribution in [-0.4, -0.2) is 22.4 Å². The summed E-state index contributed by atoms with van der Waals surface area (Å²) >= 11 is 0. The molecule has 0 saturated heterocycles. The summed E-state index contributed by atoms with van der Waals surface area (Å²) in [5.74, 6) is 0.00714. The number of fused-ring (bicyclic) bond motifs is 1. The second kappa shape index (κ2) is 7.70. The molecule has 5 nitrogen and oxygen atoms in total.